The standard InChI is InChI=1S/C7H12O5/c1-6(8)12-4-3-11-5-7(9)10-2/h3-5H2,1-2H3. The van der Waals surface area contributed by atoms with Crippen molar-refractivity contribution < 1.29 is 23.8 Å². The molecular formula is C7H12O5. The van der Waals surface area contributed by atoms with Crippen LogP contribution in [-0.4, -0.2) is 38.9 Å². The van der Waals surface area contributed by atoms with Gasteiger partial charge in [-0.2, -0.15) is 0 Å². The van der Waals surface area contributed by atoms with Crippen LogP contribution in [0, 0.1) is 0 Å². The van der Waals surface area contributed by atoms with E-state index in [1.807, 2.05) is 0 Å². The molecule has 70 valence electrons. The number of hydrogen-bond donors (Lipinski definition) is 0. The predicted molar refractivity (Wildman–Crippen MR) is 39.5 cm³/mol. The van der Waals surface area contributed by atoms with Gasteiger partial charge in [0.15, 0.2) is 0 Å². The molecule has 0 aliphatic carbocycles. The van der Waals surface area contributed by atoms with Gasteiger partial charge in [-0.05, 0) is 0 Å². The maximum Gasteiger partial charge on any atom is 0.331 e. The summed E-state index contributed by atoms with van der Waals surface area (Å²) in [6.45, 7) is 1.55. The Morgan fingerprint density at radius 3 is 2.42 bits per heavy atom. The maximum absolute atomic E-state index is 10.5. The lowest BCUT2D eigenvalue weighted by Gasteiger charge is -2.02. The van der Waals surface area contributed by atoms with Crippen LogP contribution in [-0.2, 0) is 23.8 Å². The Morgan fingerprint density at radius 2 is 1.92 bits per heavy atom. The molecule has 0 aromatic heterocycles. The zero-order valence-corrected chi connectivity index (χ0v) is 7.16. The number of esters is 2. The van der Waals surface area contributed by atoms with Crippen LogP contribution in [0.2, 0.25) is 0 Å². The summed E-state index contributed by atoms with van der Waals surface area (Å²) in [6.07, 6.45) is 0. The van der Waals surface area contributed by atoms with E-state index < -0.39 is 5.97 Å². The van der Waals surface area contributed by atoms with Crippen molar-refractivity contribution in [3.63, 3.8) is 0 Å². The first-order valence-corrected chi connectivity index (χ1v) is 3.44. The van der Waals surface area contributed by atoms with Crippen molar-refractivity contribution in [1.82, 2.24) is 0 Å². The largest absolute Gasteiger partial charge is 0.467 e. The summed E-state index contributed by atoms with van der Waals surface area (Å²) in [5, 5.41) is 0. The zero-order chi connectivity index (χ0) is 9.40. The van der Waals surface area contributed by atoms with Crippen LogP contribution < -0.4 is 0 Å². The summed E-state index contributed by atoms with van der Waals surface area (Å²) < 4.78 is 13.6. The molecule has 0 atom stereocenters. The lowest BCUT2D eigenvalue weighted by Crippen LogP contribution is -2.14. The van der Waals surface area contributed by atoms with Gasteiger partial charge in [0.1, 0.15) is 13.2 Å². The Labute approximate surface area is 70.6 Å². The molecule has 0 spiro atoms. The van der Waals surface area contributed by atoms with E-state index >= 15 is 0 Å². The zero-order valence-electron chi connectivity index (χ0n) is 7.16. The highest BCUT2D eigenvalue weighted by atomic mass is 16.6. The van der Waals surface area contributed by atoms with Gasteiger partial charge in [0.05, 0.1) is 13.7 Å². The first-order valence-electron chi connectivity index (χ1n) is 3.44. The van der Waals surface area contributed by atoms with Gasteiger partial charge in [0.25, 0.3) is 0 Å². The Hall–Kier alpha value is -1.10. The fourth-order valence-electron chi connectivity index (χ4n) is 0.459. The van der Waals surface area contributed by atoms with Gasteiger partial charge in [-0.25, -0.2) is 4.79 Å². The summed E-state index contributed by atoms with van der Waals surface area (Å²) in [6, 6.07) is 0. The molecule has 0 unspecified atom stereocenters. The van der Waals surface area contributed by atoms with E-state index in [4.69, 9.17) is 4.74 Å². The van der Waals surface area contributed by atoms with Gasteiger partial charge < -0.3 is 14.2 Å². The second-order valence-corrected chi connectivity index (χ2v) is 1.97. The van der Waals surface area contributed by atoms with E-state index in [0.29, 0.717) is 0 Å². The molecule has 0 heterocycles. The average Bonchev–Trinajstić information content (AvgIpc) is 2.03. The molecule has 0 bridgehead atoms. The molecular weight excluding hydrogens is 164 g/mol. The molecule has 0 aliphatic heterocycles. The molecule has 0 saturated heterocycles. The minimum Gasteiger partial charge on any atom is -0.467 e. The SMILES string of the molecule is COC(=O)COCCOC(C)=O. The second-order valence-electron chi connectivity index (χ2n) is 1.97. The molecule has 5 nitrogen and oxygen atoms in total. The van der Waals surface area contributed by atoms with Crippen LogP contribution in [0.4, 0.5) is 0 Å². The van der Waals surface area contributed by atoms with Crippen molar-refractivity contribution in [2.45, 2.75) is 6.92 Å². The monoisotopic (exact) mass is 176 g/mol. The number of rotatable bonds is 5. The summed E-state index contributed by atoms with van der Waals surface area (Å²) in [4.78, 5) is 20.7. The third kappa shape index (κ3) is 7.01. The molecule has 0 radical (unpaired) electrons. The molecule has 0 saturated carbocycles. The third-order valence-electron chi connectivity index (χ3n) is 0.981. The average molecular weight is 176 g/mol. The van der Waals surface area contributed by atoms with Crippen LogP contribution in [0.3, 0.4) is 0 Å². The minimum atomic E-state index is -0.446. The Balaban J connectivity index is 3.11. The molecule has 5 heteroatoms. The minimum absolute atomic E-state index is 0.113. The summed E-state index contributed by atoms with van der Waals surface area (Å²) in [5.41, 5.74) is 0. The maximum atomic E-state index is 10.5. The predicted octanol–water partition coefficient (Wildman–Crippen LogP) is -0.261. The van der Waals surface area contributed by atoms with Gasteiger partial charge in [-0.15, -0.1) is 0 Å². The fourth-order valence-corrected chi connectivity index (χ4v) is 0.459. The fraction of sp³-hybridized carbons (Fsp3) is 0.714. The van der Waals surface area contributed by atoms with Gasteiger partial charge in [0.2, 0.25) is 0 Å². The topological polar surface area (TPSA) is 61.8 Å². The van der Waals surface area contributed by atoms with Crippen molar-refractivity contribution in [1.29, 1.82) is 0 Å². The molecule has 0 amide bonds. The van der Waals surface area contributed by atoms with Gasteiger partial charge in [-0.3, -0.25) is 4.79 Å². The molecule has 0 aliphatic rings. The van der Waals surface area contributed by atoms with Crippen LogP contribution >= 0.6 is 0 Å². The van der Waals surface area contributed by atoms with Crippen molar-refractivity contribution in [2.24, 2.45) is 0 Å². The summed E-state index contributed by atoms with van der Waals surface area (Å²) >= 11 is 0. The van der Waals surface area contributed by atoms with Crippen LogP contribution in [0.5, 0.6) is 0 Å². The van der Waals surface area contributed by atoms with Gasteiger partial charge in [0, 0.05) is 6.92 Å². The van der Waals surface area contributed by atoms with Crippen LogP contribution in [0.1, 0.15) is 6.92 Å². The molecule has 0 rings (SSSR count). The van der Waals surface area contributed by atoms with E-state index in [1.54, 1.807) is 0 Å². The van der Waals surface area contributed by atoms with E-state index in [1.165, 1.54) is 14.0 Å². The number of carbonyl (C=O) groups is 2. The third-order valence-corrected chi connectivity index (χ3v) is 0.981. The molecule has 0 fully saturated rings. The lowest BCUT2D eigenvalue weighted by atomic mass is 10.7. The Bertz CT molecular complexity index is 154. The van der Waals surface area contributed by atoms with Crippen LogP contribution in [0.15, 0.2) is 0 Å². The number of ether oxygens (including phenoxy) is 3. The van der Waals surface area contributed by atoms with Crippen molar-refractivity contribution in [2.75, 3.05) is 26.9 Å². The van der Waals surface area contributed by atoms with Gasteiger partial charge in [-0.1, -0.05) is 0 Å². The molecule has 12 heavy (non-hydrogen) atoms. The van der Waals surface area contributed by atoms with E-state index in [9.17, 15) is 9.59 Å². The van der Waals surface area contributed by atoms with Crippen molar-refractivity contribution in [3.8, 4) is 0 Å². The normalized spacial score (nSPS) is 9.17. The number of methoxy groups -OCH3 is 1. The van der Waals surface area contributed by atoms with Crippen LogP contribution in [0.25, 0.3) is 0 Å². The smallest absolute Gasteiger partial charge is 0.331 e. The van der Waals surface area contributed by atoms with E-state index in [0.717, 1.165) is 0 Å². The quantitative estimate of drug-likeness (QED) is 0.426. The Kier molecular flexibility index (Phi) is 6.00. The highest BCUT2D eigenvalue weighted by Gasteiger charge is 1.99. The van der Waals surface area contributed by atoms with E-state index in [-0.39, 0.29) is 25.8 Å². The first kappa shape index (κ1) is 10.9. The van der Waals surface area contributed by atoms with Crippen molar-refractivity contribution in [3.05, 3.63) is 0 Å². The molecule has 0 aromatic carbocycles. The van der Waals surface area contributed by atoms with E-state index in [2.05, 4.69) is 9.47 Å². The lowest BCUT2D eigenvalue weighted by molar-refractivity contribution is -0.148. The summed E-state index contributed by atoms with van der Waals surface area (Å²) in [7, 11) is 1.28. The van der Waals surface area contributed by atoms with Crippen molar-refractivity contribution >= 4 is 11.9 Å². The molecule has 0 aromatic rings. The molecule has 0 N–H and O–H groups in total. The number of carbonyl (C=O) groups excluding carboxylic acids is 2. The first-order chi connectivity index (χ1) is 5.66. The van der Waals surface area contributed by atoms with Gasteiger partial charge >= 0.3 is 11.9 Å². The summed E-state index contributed by atoms with van der Waals surface area (Å²) in [5.74, 6) is -0.811. The second kappa shape index (κ2) is 6.60. The highest BCUT2D eigenvalue weighted by Crippen LogP contribution is 1.81. The highest BCUT2D eigenvalue weighted by molar-refractivity contribution is 5.70. The number of hydrogen-bond acceptors (Lipinski definition) is 5. The Morgan fingerprint density at radius 1 is 1.25 bits per heavy atom.